The summed E-state index contributed by atoms with van der Waals surface area (Å²) in [7, 11) is 0. The van der Waals surface area contributed by atoms with Crippen LogP contribution in [0.15, 0.2) is 11.6 Å². The molecule has 4 aliphatic carbocycles. The zero-order chi connectivity index (χ0) is 23.3. The van der Waals surface area contributed by atoms with Crippen LogP contribution in [0.1, 0.15) is 71.6 Å². The molecule has 7 heteroatoms. The minimum Gasteiger partial charge on any atom is -0.458 e. The summed E-state index contributed by atoms with van der Waals surface area (Å²) in [6.45, 7) is 4.04. The van der Waals surface area contributed by atoms with Crippen LogP contribution in [0.25, 0.3) is 0 Å². The minimum atomic E-state index is -1.61. The maximum atomic E-state index is 13.1. The van der Waals surface area contributed by atoms with E-state index in [-0.39, 0.29) is 35.4 Å². The molecule has 3 fully saturated rings. The molecule has 4 rings (SSSR count). The van der Waals surface area contributed by atoms with Gasteiger partial charge in [0.05, 0.1) is 6.10 Å². The Balaban J connectivity index is 1.55. The van der Waals surface area contributed by atoms with Crippen LogP contribution >= 0.6 is 0 Å². The zero-order valence-electron chi connectivity index (χ0n) is 19.3. The number of ketones is 2. The van der Waals surface area contributed by atoms with E-state index in [4.69, 9.17) is 10.5 Å². The van der Waals surface area contributed by atoms with Crippen molar-refractivity contribution in [2.75, 3.05) is 13.2 Å². The molecule has 0 aliphatic heterocycles. The molecule has 178 valence electrons. The van der Waals surface area contributed by atoms with Crippen molar-refractivity contribution < 1.29 is 29.3 Å². The first-order valence-corrected chi connectivity index (χ1v) is 12.1. The lowest BCUT2D eigenvalue weighted by Crippen LogP contribution is -2.62. The average molecular weight is 448 g/mol. The predicted octanol–water partition coefficient (Wildman–Crippen LogP) is 2.07. The van der Waals surface area contributed by atoms with Crippen molar-refractivity contribution >= 4 is 17.5 Å². The number of fused-ring (bicyclic) bond motifs is 5. The highest BCUT2D eigenvalue weighted by Crippen LogP contribution is 2.67. The summed E-state index contributed by atoms with van der Waals surface area (Å²) in [5.74, 6) is -0.461. The first-order valence-electron chi connectivity index (χ1n) is 12.1. The van der Waals surface area contributed by atoms with Gasteiger partial charge in [0.15, 0.2) is 12.4 Å². The van der Waals surface area contributed by atoms with Gasteiger partial charge in [-0.3, -0.25) is 14.4 Å². The first kappa shape index (κ1) is 23.6. The van der Waals surface area contributed by atoms with Gasteiger partial charge in [-0.1, -0.05) is 19.4 Å². The van der Waals surface area contributed by atoms with Gasteiger partial charge in [0.25, 0.3) is 0 Å². The van der Waals surface area contributed by atoms with E-state index in [2.05, 4.69) is 6.92 Å². The summed E-state index contributed by atoms with van der Waals surface area (Å²) in [5.41, 5.74) is 3.98. The Labute approximate surface area is 189 Å². The van der Waals surface area contributed by atoms with Gasteiger partial charge in [0.1, 0.15) is 5.60 Å². The quantitative estimate of drug-likeness (QED) is 0.532. The van der Waals surface area contributed by atoms with Crippen molar-refractivity contribution in [2.24, 2.45) is 34.3 Å². The number of aliphatic hydroxyl groups is 2. The summed E-state index contributed by atoms with van der Waals surface area (Å²) in [5, 5.41) is 23.0. The van der Waals surface area contributed by atoms with Gasteiger partial charge in [0, 0.05) is 18.3 Å². The van der Waals surface area contributed by atoms with Crippen molar-refractivity contribution in [3.63, 3.8) is 0 Å². The van der Waals surface area contributed by atoms with Gasteiger partial charge in [-0.15, -0.1) is 0 Å². The Kier molecular flexibility index (Phi) is 6.14. The van der Waals surface area contributed by atoms with Crippen LogP contribution in [0.2, 0.25) is 0 Å². The highest BCUT2D eigenvalue weighted by Gasteiger charge is 2.68. The van der Waals surface area contributed by atoms with E-state index in [1.165, 1.54) is 0 Å². The molecule has 0 aromatic carbocycles. The van der Waals surface area contributed by atoms with E-state index in [0.29, 0.717) is 38.6 Å². The van der Waals surface area contributed by atoms with Crippen molar-refractivity contribution in [2.45, 2.75) is 83.3 Å². The van der Waals surface area contributed by atoms with Crippen molar-refractivity contribution in [1.82, 2.24) is 0 Å². The van der Waals surface area contributed by atoms with Gasteiger partial charge in [0.2, 0.25) is 5.78 Å². The third-order valence-electron chi connectivity index (χ3n) is 9.46. The zero-order valence-corrected chi connectivity index (χ0v) is 19.3. The summed E-state index contributed by atoms with van der Waals surface area (Å²) in [6.07, 6.45) is 6.09. The molecule has 7 nitrogen and oxygen atoms in total. The molecule has 0 heterocycles. The number of hydrogen-bond donors (Lipinski definition) is 3. The van der Waals surface area contributed by atoms with Gasteiger partial charge >= 0.3 is 5.97 Å². The number of allylic oxidation sites excluding steroid dienone is 1. The third-order valence-corrected chi connectivity index (χ3v) is 9.46. The van der Waals surface area contributed by atoms with Crippen LogP contribution < -0.4 is 5.73 Å². The van der Waals surface area contributed by atoms with E-state index >= 15 is 0 Å². The Morgan fingerprint density at radius 3 is 2.69 bits per heavy atom. The molecule has 0 unspecified atom stereocenters. The van der Waals surface area contributed by atoms with Crippen LogP contribution in [0, 0.1) is 28.6 Å². The van der Waals surface area contributed by atoms with Gasteiger partial charge in [-0.2, -0.15) is 0 Å². The Morgan fingerprint density at radius 2 is 1.97 bits per heavy atom. The fourth-order valence-electron chi connectivity index (χ4n) is 7.73. The minimum absolute atomic E-state index is 0.0280. The number of aliphatic hydroxyl groups excluding tert-OH is 1. The van der Waals surface area contributed by atoms with E-state index in [1.54, 1.807) is 6.08 Å². The van der Waals surface area contributed by atoms with Gasteiger partial charge < -0.3 is 20.7 Å². The number of Topliss-reactive ketones (excluding diaryl/α,β-unsaturated/α-hetero) is 1. The smallest absolute Gasteiger partial charge is 0.306 e. The predicted molar refractivity (Wildman–Crippen MR) is 117 cm³/mol. The largest absolute Gasteiger partial charge is 0.458 e. The fourth-order valence-corrected chi connectivity index (χ4v) is 7.73. The summed E-state index contributed by atoms with van der Waals surface area (Å²) in [6, 6.07) is 0. The number of nitrogens with two attached hydrogens (primary N) is 1. The number of carbonyl (C=O) groups excluding carboxylic acids is 3. The maximum absolute atomic E-state index is 13.1. The van der Waals surface area contributed by atoms with E-state index in [1.807, 2.05) is 6.92 Å². The molecule has 0 spiro atoms. The number of carbonyl (C=O) groups is 3. The Hall–Kier alpha value is -1.57. The molecule has 32 heavy (non-hydrogen) atoms. The van der Waals surface area contributed by atoms with Crippen molar-refractivity contribution in [1.29, 1.82) is 0 Å². The highest BCUT2D eigenvalue weighted by atomic mass is 16.5. The fraction of sp³-hybridized carbons (Fsp3) is 0.800. The Bertz CT molecular complexity index is 838. The molecule has 3 saturated carbocycles. The van der Waals surface area contributed by atoms with Crippen LogP contribution in [-0.2, 0) is 19.1 Å². The molecular formula is C25H37NO6. The number of rotatable bonds is 6. The van der Waals surface area contributed by atoms with Gasteiger partial charge in [-0.25, -0.2) is 0 Å². The third kappa shape index (κ3) is 3.48. The average Bonchev–Trinajstić information content (AvgIpc) is 3.02. The number of hydrogen-bond acceptors (Lipinski definition) is 7. The molecule has 0 aromatic heterocycles. The molecule has 4 aliphatic rings. The molecule has 0 radical (unpaired) electrons. The molecule has 0 bridgehead atoms. The molecule has 0 saturated heterocycles. The van der Waals surface area contributed by atoms with Crippen molar-refractivity contribution in [3.8, 4) is 0 Å². The van der Waals surface area contributed by atoms with Crippen LogP contribution in [0.5, 0.6) is 0 Å². The SMILES string of the molecule is C[C@]12CCC(=O)C=C1CC[C@@H]1[C@@H]2[C@@H](O)C[C@@]2(C)[C@H]1CC[C@]2(O)C(=O)COC(=O)CCCN. The summed E-state index contributed by atoms with van der Waals surface area (Å²) >= 11 is 0. The topological polar surface area (TPSA) is 127 Å². The molecule has 4 N–H and O–H groups in total. The number of esters is 1. The molecule has 0 aromatic rings. The maximum Gasteiger partial charge on any atom is 0.306 e. The Morgan fingerprint density at radius 1 is 1.22 bits per heavy atom. The van der Waals surface area contributed by atoms with Crippen LogP contribution in [0.4, 0.5) is 0 Å². The van der Waals surface area contributed by atoms with E-state index in [0.717, 1.165) is 24.8 Å². The second-order valence-corrected chi connectivity index (χ2v) is 11.0. The van der Waals surface area contributed by atoms with Gasteiger partial charge in [-0.05, 0) is 80.7 Å². The first-order chi connectivity index (χ1) is 15.1. The number of ether oxygens (including phenoxy) is 1. The summed E-state index contributed by atoms with van der Waals surface area (Å²) < 4.78 is 5.13. The van der Waals surface area contributed by atoms with Crippen LogP contribution in [-0.4, -0.2) is 52.6 Å². The lowest BCUT2D eigenvalue weighted by Gasteiger charge is -2.60. The molecule has 7 atom stereocenters. The van der Waals surface area contributed by atoms with Crippen molar-refractivity contribution in [3.05, 3.63) is 11.6 Å². The lowest BCUT2D eigenvalue weighted by atomic mass is 9.45. The molecule has 0 amide bonds. The van der Waals surface area contributed by atoms with E-state index in [9.17, 15) is 24.6 Å². The van der Waals surface area contributed by atoms with E-state index < -0.39 is 35.5 Å². The second-order valence-electron chi connectivity index (χ2n) is 11.0. The summed E-state index contributed by atoms with van der Waals surface area (Å²) in [4.78, 5) is 37.0. The normalized spacial score (nSPS) is 43.0. The highest BCUT2D eigenvalue weighted by molar-refractivity contribution is 5.92. The van der Waals surface area contributed by atoms with Crippen LogP contribution in [0.3, 0.4) is 0 Å². The standard InChI is InChI=1S/C25H37NO6/c1-23-9-7-16(27)12-15(23)5-6-17-18-8-10-25(31,24(18,2)13-19(28)22(17)23)20(29)14-32-21(30)4-3-11-26/h12,17-19,22,28,31H,3-11,13-14,26H2,1-2H3/t17-,18-,19-,22+,23-,24-,25-/m0/s1. The monoisotopic (exact) mass is 447 g/mol. The second kappa shape index (κ2) is 8.33. The lowest BCUT2D eigenvalue weighted by molar-refractivity contribution is -0.184. The molecular weight excluding hydrogens is 410 g/mol.